The Kier molecular flexibility index (Phi) is 8.99. The van der Waals surface area contributed by atoms with Crippen LogP contribution in [0.4, 0.5) is 32.2 Å². The molecular formula is C24H31F6N5O5. The Morgan fingerprint density at radius 2 is 2.00 bits per heavy atom. The standard InChI is InChI=1S/C24H31F6N5O5/c1-13-7-16-11-34(4-5-35(16)21-17(39-13)8-15(9-31-21)23(25,26)27)19(36)3-6-38-12-14(2)40-18-10-32-33-22(37)20(18)24(28,29)30/h8-9,13-14,16,18,20,32H,3-7,10-12H2,1-2H3,(H,33,37)/t13-,14-,16-,18?,20?/m0/s1. The van der Waals surface area contributed by atoms with Crippen molar-refractivity contribution >= 4 is 17.6 Å². The summed E-state index contributed by atoms with van der Waals surface area (Å²) in [6, 6.07) is 0.735. The van der Waals surface area contributed by atoms with Crippen molar-refractivity contribution < 1.29 is 50.1 Å². The summed E-state index contributed by atoms with van der Waals surface area (Å²) < 4.78 is 95.8. The van der Waals surface area contributed by atoms with E-state index in [-0.39, 0.29) is 43.9 Å². The molecular weight excluding hydrogens is 552 g/mol. The van der Waals surface area contributed by atoms with Crippen LogP contribution in [0.2, 0.25) is 0 Å². The van der Waals surface area contributed by atoms with E-state index in [9.17, 15) is 35.9 Å². The number of ether oxygens (including phenoxy) is 3. The second kappa shape index (κ2) is 11.9. The number of amides is 2. The smallest absolute Gasteiger partial charge is 0.418 e. The number of alkyl halides is 6. The number of aromatic nitrogens is 1. The van der Waals surface area contributed by atoms with Crippen LogP contribution >= 0.6 is 0 Å². The number of nitrogens with one attached hydrogen (secondary N) is 2. The molecule has 0 saturated carbocycles. The van der Waals surface area contributed by atoms with Crippen molar-refractivity contribution in [1.29, 1.82) is 0 Å². The van der Waals surface area contributed by atoms with E-state index in [0.717, 1.165) is 12.3 Å². The van der Waals surface area contributed by atoms with Gasteiger partial charge in [0.2, 0.25) is 11.8 Å². The van der Waals surface area contributed by atoms with Crippen molar-refractivity contribution in [3.05, 3.63) is 17.8 Å². The third-order valence-corrected chi connectivity index (χ3v) is 6.94. The molecule has 0 bridgehead atoms. The van der Waals surface area contributed by atoms with Crippen molar-refractivity contribution in [3.8, 4) is 5.75 Å². The lowest BCUT2D eigenvalue weighted by atomic mass is 9.99. The number of anilines is 1. The number of fused-ring (bicyclic) bond motifs is 3. The highest BCUT2D eigenvalue weighted by Crippen LogP contribution is 2.39. The van der Waals surface area contributed by atoms with Crippen molar-refractivity contribution in [2.24, 2.45) is 5.92 Å². The first-order valence-corrected chi connectivity index (χ1v) is 12.8. The predicted molar refractivity (Wildman–Crippen MR) is 127 cm³/mol. The maximum Gasteiger partial charge on any atom is 0.418 e. The maximum absolute atomic E-state index is 13.2. The molecule has 40 heavy (non-hydrogen) atoms. The van der Waals surface area contributed by atoms with Gasteiger partial charge in [0.05, 0.1) is 49.6 Å². The minimum absolute atomic E-state index is 0.00758. The van der Waals surface area contributed by atoms with Crippen LogP contribution in [-0.2, 0) is 25.2 Å². The Balaban J connectivity index is 1.26. The average Bonchev–Trinajstić information content (AvgIpc) is 2.99. The zero-order chi connectivity index (χ0) is 29.2. The van der Waals surface area contributed by atoms with Gasteiger partial charge in [0.15, 0.2) is 17.5 Å². The zero-order valence-electron chi connectivity index (χ0n) is 21.8. The molecule has 10 nitrogen and oxygen atoms in total. The summed E-state index contributed by atoms with van der Waals surface area (Å²) in [5.41, 5.74) is 3.44. The van der Waals surface area contributed by atoms with E-state index < -0.39 is 48.1 Å². The van der Waals surface area contributed by atoms with Gasteiger partial charge < -0.3 is 24.0 Å². The fourth-order valence-corrected chi connectivity index (χ4v) is 5.10. The summed E-state index contributed by atoms with van der Waals surface area (Å²) in [5.74, 6) is -3.35. The third-order valence-electron chi connectivity index (χ3n) is 6.94. The minimum atomic E-state index is -4.76. The second-order valence-corrected chi connectivity index (χ2v) is 10.1. The lowest BCUT2D eigenvalue weighted by Crippen LogP contribution is -2.60. The highest BCUT2D eigenvalue weighted by atomic mass is 19.4. The van der Waals surface area contributed by atoms with Crippen molar-refractivity contribution in [2.75, 3.05) is 44.3 Å². The van der Waals surface area contributed by atoms with E-state index in [1.165, 1.54) is 6.92 Å². The number of hydrogen-bond acceptors (Lipinski definition) is 8. The van der Waals surface area contributed by atoms with E-state index in [0.29, 0.717) is 31.9 Å². The molecule has 1 aromatic heterocycles. The number of nitrogens with zero attached hydrogens (tertiary/aromatic N) is 3. The van der Waals surface area contributed by atoms with Gasteiger partial charge in [-0.1, -0.05) is 0 Å². The molecule has 3 aliphatic rings. The Hall–Kier alpha value is -2.85. The second-order valence-electron chi connectivity index (χ2n) is 10.1. The number of piperazine rings is 1. The Morgan fingerprint density at radius 3 is 2.70 bits per heavy atom. The lowest BCUT2D eigenvalue weighted by molar-refractivity contribution is -0.219. The summed E-state index contributed by atoms with van der Waals surface area (Å²) in [6.45, 7) is 3.96. The fraction of sp³-hybridized carbons (Fsp3) is 0.708. The van der Waals surface area contributed by atoms with Gasteiger partial charge in [-0.2, -0.15) is 26.3 Å². The van der Waals surface area contributed by atoms with Crippen molar-refractivity contribution in [2.45, 2.75) is 63.4 Å². The summed E-state index contributed by atoms with van der Waals surface area (Å²) in [4.78, 5) is 32.0. The van der Waals surface area contributed by atoms with Gasteiger partial charge in [0.1, 0.15) is 0 Å². The van der Waals surface area contributed by atoms with E-state index >= 15 is 0 Å². The lowest BCUT2D eigenvalue weighted by Gasteiger charge is -2.41. The number of pyridine rings is 1. The minimum Gasteiger partial charge on any atom is -0.487 e. The number of hydrogen-bond donors (Lipinski definition) is 2. The quantitative estimate of drug-likeness (QED) is 0.372. The first-order chi connectivity index (χ1) is 18.7. The molecule has 3 aliphatic heterocycles. The average molecular weight is 584 g/mol. The van der Waals surface area contributed by atoms with Gasteiger partial charge in [0, 0.05) is 38.8 Å². The molecule has 0 aromatic carbocycles. The first-order valence-electron chi connectivity index (χ1n) is 12.8. The normalized spacial score (nSPS) is 26.2. The Morgan fingerprint density at radius 1 is 1.25 bits per heavy atom. The molecule has 2 N–H and O–H groups in total. The highest BCUT2D eigenvalue weighted by molar-refractivity contribution is 5.80. The predicted octanol–water partition coefficient (Wildman–Crippen LogP) is 2.28. The van der Waals surface area contributed by atoms with E-state index in [1.807, 2.05) is 10.3 Å². The van der Waals surface area contributed by atoms with Crippen LogP contribution in [-0.4, -0.2) is 91.6 Å². The third kappa shape index (κ3) is 7.07. The Bertz CT molecular complexity index is 1070. The van der Waals surface area contributed by atoms with Crippen LogP contribution in [0, 0.1) is 5.92 Å². The van der Waals surface area contributed by atoms with Gasteiger partial charge in [-0.15, -0.1) is 0 Å². The maximum atomic E-state index is 13.2. The van der Waals surface area contributed by atoms with Crippen LogP contribution in [0.5, 0.6) is 5.75 Å². The van der Waals surface area contributed by atoms with Crippen LogP contribution in [0.1, 0.15) is 32.3 Å². The molecule has 0 spiro atoms. The van der Waals surface area contributed by atoms with Crippen LogP contribution in [0.25, 0.3) is 0 Å². The summed E-state index contributed by atoms with van der Waals surface area (Å²) in [6.07, 6.45) is -10.6. The monoisotopic (exact) mass is 583 g/mol. The van der Waals surface area contributed by atoms with Crippen molar-refractivity contribution in [1.82, 2.24) is 20.7 Å². The summed E-state index contributed by atoms with van der Waals surface area (Å²) in [5, 5.41) is 0. The number of hydrazine groups is 1. The molecule has 2 saturated heterocycles. The molecule has 2 unspecified atom stereocenters. The van der Waals surface area contributed by atoms with E-state index in [2.05, 4.69) is 10.4 Å². The number of carbonyl (C=O) groups excluding carboxylic acids is 2. The molecule has 1 aromatic rings. The molecule has 5 atom stereocenters. The van der Waals surface area contributed by atoms with Gasteiger partial charge in [-0.25, -0.2) is 10.4 Å². The van der Waals surface area contributed by atoms with E-state index in [4.69, 9.17) is 14.2 Å². The number of carbonyl (C=O) groups is 2. The number of rotatable bonds is 7. The van der Waals surface area contributed by atoms with Gasteiger partial charge in [0.25, 0.3) is 0 Å². The first kappa shape index (κ1) is 30.1. The molecule has 4 heterocycles. The molecule has 16 heteroatoms. The summed E-state index contributed by atoms with van der Waals surface area (Å²) >= 11 is 0. The fourth-order valence-electron chi connectivity index (χ4n) is 5.10. The molecule has 224 valence electrons. The zero-order valence-corrected chi connectivity index (χ0v) is 21.8. The molecule has 2 fully saturated rings. The Labute approximate surface area is 226 Å². The SMILES string of the molecule is C[C@H]1C[C@H]2CN(C(=O)CCOC[C@H](C)OC3CNNC(=O)C3C(F)(F)F)CCN2c2ncc(C(F)(F)F)cc2O1. The largest absolute Gasteiger partial charge is 0.487 e. The molecule has 4 rings (SSSR count). The summed E-state index contributed by atoms with van der Waals surface area (Å²) in [7, 11) is 0. The molecule has 2 amide bonds. The van der Waals surface area contributed by atoms with E-state index in [1.54, 1.807) is 11.8 Å². The van der Waals surface area contributed by atoms with Gasteiger partial charge in [-0.3, -0.25) is 15.0 Å². The molecule has 0 aliphatic carbocycles. The topological polar surface area (TPSA) is 105 Å². The van der Waals surface area contributed by atoms with Gasteiger partial charge in [-0.05, 0) is 19.9 Å². The molecule has 0 radical (unpaired) electrons. The van der Waals surface area contributed by atoms with Crippen molar-refractivity contribution in [3.63, 3.8) is 0 Å². The number of halogens is 6. The van der Waals surface area contributed by atoms with Gasteiger partial charge >= 0.3 is 12.4 Å². The highest BCUT2D eigenvalue weighted by Gasteiger charge is 2.52. The van der Waals surface area contributed by atoms with Crippen LogP contribution in [0.15, 0.2) is 12.3 Å². The van der Waals surface area contributed by atoms with Crippen LogP contribution < -0.4 is 20.5 Å². The van der Waals surface area contributed by atoms with Crippen LogP contribution in [0.3, 0.4) is 0 Å².